The van der Waals surface area contributed by atoms with Gasteiger partial charge in [0.25, 0.3) is 5.91 Å². The number of fused-ring (bicyclic) bond motifs is 4. The van der Waals surface area contributed by atoms with Crippen LogP contribution < -0.4 is 10.2 Å². The molecule has 0 radical (unpaired) electrons. The van der Waals surface area contributed by atoms with Crippen molar-refractivity contribution >= 4 is 16.9 Å². The average Bonchev–Trinajstić information content (AvgIpc) is 3.26. The molecule has 2 atom stereocenters. The summed E-state index contributed by atoms with van der Waals surface area (Å²) in [6.45, 7) is 5.15. The lowest BCUT2D eigenvalue weighted by Crippen LogP contribution is -2.49. The first kappa shape index (κ1) is 21.3. The van der Waals surface area contributed by atoms with Crippen molar-refractivity contribution in [2.24, 2.45) is 11.8 Å². The Kier molecular flexibility index (Phi) is 5.32. The van der Waals surface area contributed by atoms with Crippen LogP contribution in [0.2, 0.25) is 0 Å². The molecule has 34 heavy (non-hydrogen) atoms. The second kappa shape index (κ2) is 8.51. The fraction of sp³-hybridized carbons (Fsp3) is 0.462. The highest BCUT2D eigenvalue weighted by atomic mass is 16.5. The highest BCUT2D eigenvalue weighted by Crippen LogP contribution is 2.28. The van der Waals surface area contributed by atoms with Gasteiger partial charge in [-0.05, 0) is 24.5 Å². The molecule has 1 amide bonds. The number of hydrogen-bond donors (Lipinski definition) is 0. The van der Waals surface area contributed by atoms with Crippen LogP contribution in [-0.2, 0) is 24.1 Å². The van der Waals surface area contributed by atoms with Gasteiger partial charge in [-0.25, -0.2) is 0 Å². The lowest BCUT2D eigenvalue weighted by molar-refractivity contribution is -0.0339. The predicted molar refractivity (Wildman–Crippen MR) is 126 cm³/mol. The first-order valence-corrected chi connectivity index (χ1v) is 12.1. The zero-order chi connectivity index (χ0) is 23.2. The monoisotopic (exact) mass is 460 g/mol. The smallest absolute Gasteiger partial charge is 0.259 e. The van der Waals surface area contributed by atoms with E-state index in [1.54, 1.807) is 12.3 Å². The molecule has 2 saturated heterocycles. The molecule has 1 aromatic carbocycles. The molecule has 3 aromatic rings. The van der Waals surface area contributed by atoms with Gasteiger partial charge in [-0.2, -0.15) is 0 Å². The Morgan fingerprint density at radius 2 is 1.82 bits per heavy atom. The van der Waals surface area contributed by atoms with Crippen LogP contribution in [0.15, 0.2) is 41.3 Å². The first-order chi connectivity index (χ1) is 16.6. The summed E-state index contributed by atoms with van der Waals surface area (Å²) < 4.78 is 13.6. The molecular weight excluding hydrogens is 432 g/mol. The van der Waals surface area contributed by atoms with Crippen molar-refractivity contribution in [3.8, 4) is 5.88 Å². The van der Waals surface area contributed by atoms with Crippen LogP contribution in [0.4, 0.5) is 0 Å². The molecule has 2 fully saturated rings. The number of pyridine rings is 1. The van der Waals surface area contributed by atoms with Gasteiger partial charge >= 0.3 is 0 Å². The van der Waals surface area contributed by atoms with Crippen molar-refractivity contribution in [1.82, 2.24) is 19.7 Å². The Labute approximate surface area is 197 Å². The van der Waals surface area contributed by atoms with E-state index in [1.165, 1.54) is 11.1 Å². The van der Waals surface area contributed by atoms with Gasteiger partial charge in [0.1, 0.15) is 11.7 Å². The fourth-order valence-electron chi connectivity index (χ4n) is 5.69. The summed E-state index contributed by atoms with van der Waals surface area (Å²) in [7, 11) is 0. The molecule has 2 unspecified atom stereocenters. The maximum absolute atomic E-state index is 13.5. The van der Waals surface area contributed by atoms with Crippen molar-refractivity contribution in [3.63, 3.8) is 0 Å². The van der Waals surface area contributed by atoms with Crippen LogP contribution >= 0.6 is 0 Å². The number of likely N-dealkylation sites (tertiary alicyclic amines) is 1. The average molecular weight is 461 g/mol. The van der Waals surface area contributed by atoms with Crippen molar-refractivity contribution in [2.45, 2.75) is 38.8 Å². The number of benzene rings is 1. The number of aryl methyl sites for hydroxylation is 1. The van der Waals surface area contributed by atoms with E-state index in [4.69, 9.17) is 9.47 Å². The van der Waals surface area contributed by atoms with E-state index >= 15 is 0 Å². The predicted octanol–water partition coefficient (Wildman–Crippen LogP) is 2.47. The first-order valence-electron chi connectivity index (χ1n) is 12.1. The number of ether oxygens (including phenoxy) is 2. The van der Waals surface area contributed by atoms with E-state index < -0.39 is 0 Å². The zero-order valence-electron chi connectivity index (χ0n) is 19.3. The lowest BCUT2D eigenvalue weighted by Gasteiger charge is -2.41. The van der Waals surface area contributed by atoms with E-state index in [1.807, 2.05) is 28.5 Å². The number of piperidine rings is 1. The van der Waals surface area contributed by atoms with Crippen LogP contribution in [0, 0.1) is 11.8 Å². The van der Waals surface area contributed by atoms with Gasteiger partial charge in [0, 0.05) is 56.6 Å². The molecular formula is C26H28N4O4. The number of aromatic nitrogens is 3. The lowest BCUT2D eigenvalue weighted by atomic mass is 9.88. The second-order valence-corrected chi connectivity index (χ2v) is 9.71. The standard InChI is InChI=1S/C26H28N4O4/c1-2-29-13-22(26(32)30-11-16-7-17(12-30)15-33-14-16)24(31)21-10-23(27-28-25(21)29)34-20-8-18-5-3-4-6-19(18)9-20/h3-6,10,13,16-17,20H,2,7-9,11-12,14-15H2,1H3. The number of hydrogen-bond acceptors (Lipinski definition) is 6. The van der Waals surface area contributed by atoms with Crippen molar-refractivity contribution < 1.29 is 14.3 Å². The normalized spacial score (nSPS) is 22.1. The van der Waals surface area contributed by atoms with E-state index in [2.05, 4.69) is 22.3 Å². The quantitative estimate of drug-likeness (QED) is 0.595. The number of rotatable bonds is 4. The summed E-state index contributed by atoms with van der Waals surface area (Å²) >= 11 is 0. The van der Waals surface area contributed by atoms with Gasteiger partial charge in [0.05, 0.1) is 18.6 Å². The van der Waals surface area contributed by atoms with Gasteiger partial charge in [0.2, 0.25) is 11.3 Å². The third kappa shape index (κ3) is 3.76. The SMILES string of the molecule is CCn1cc(C(=O)N2CC3COCC(C3)C2)c(=O)c2cc(OC3Cc4ccccc4C3)nnc21. The molecule has 0 N–H and O–H groups in total. The fourth-order valence-corrected chi connectivity index (χ4v) is 5.69. The van der Waals surface area contributed by atoms with Crippen molar-refractivity contribution in [1.29, 1.82) is 0 Å². The summed E-state index contributed by atoms with van der Waals surface area (Å²) in [5, 5.41) is 8.92. The van der Waals surface area contributed by atoms with Gasteiger partial charge < -0.3 is 18.9 Å². The Hall–Kier alpha value is -3.26. The maximum atomic E-state index is 13.5. The third-order valence-corrected chi connectivity index (χ3v) is 7.29. The Morgan fingerprint density at radius 1 is 1.12 bits per heavy atom. The van der Waals surface area contributed by atoms with E-state index in [-0.39, 0.29) is 23.0 Å². The molecule has 176 valence electrons. The van der Waals surface area contributed by atoms with Crippen LogP contribution in [0.3, 0.4) is 0 Å². The topological polar surface area (TPSA) is 86.5 Å². The molecule has 0 spiro atoms. The minimum atomic E-state index is -0.314. The molecule has 0 saturated carbocycles. The van der Waals surface area contributed by atoms with E-state index in [9.17, 15) is 9.59 Å². The van der Waals surface area contributed by atoms with Crippen molar-refractivity contribution in [3.05, 3.63) is 63.4 Å². The molecule has 2 bridgehead atoms. The van der Waals surface area contributed by atoms with E-state index in [0.717, 1.165) is 19.3 Å². The third-order valence-electron chi connectivity index (χ3n) is 7.29. The molecule has 2 aromatic heterocycles. The molecule has 8 heteroatoms. The molecule has 1 aliphatic carbocycles. The Bertz CT molecular complexity index is 1280. The van der Waals surface area contributed by atoms with Gasteiger partial charge in [0.15, 0.2) is 5.65 Å². The summed E-state index contributed by atoms with van der Waals surface area (Å²) in [4.78, 5) is 28.8. The minimum absolute atomic E-state index is 0.0441. The summed E-state index contributed by atoms with van der Waals surface area (Å²) in [6, 6.07) is 9.94. The Morgan fingerprint density at radius 3 is 2.50 bits per heavy atom. The van der Waals surface area contributed by atoms with Gasteiger partial charge in [-0.15, -0.1) is 10.2 Å². The van der Waals surface area contributed by atoms with Gasteiger partial charge in [-0.1, -0.05) is 24.3 Å². The second-order valence-electron chi connectivity index (χ2n) is 9.71. The zero-order valence-corrected chi connectivity index (χ0v) is 19.3. The maximum Gasteiger partial charge on any atom is 0.259 e. The molecule has 2 aliphatic heterocycles. The minimum Gasteiger partial charge on any atom is -0.473 e. The highest BCUT2D eigenvalue weighted by molar-refractivity contribution is 5.97. The van der Waals surface area contributed by atoms with Crippen LogP contribution in [0.5, 0.6) is 5.88 Å². The van der Waals surface area contributed by atoms with Gasteiger partial charge in [-0.3, -0.25) is 9.59 Å². The largest absolute Gasteiger partial charge is 0.473 e. The number of amides is 1. The summed E-state index contributed by atoms with van der Waals surface area (Å²) in [5.74, 6) is 0.786. The summed E-state index contributed by atoms with van der Waals surface area (Å²) in [6.07, 6.45) is 4.28. The highest BCUT2D eigenvalue weighted by Gasteiger charge is 2.35. The number of carbonyl (C=O) groups is 1. The van der Waals surface area contributed by atoms with E-state index in [0.29, 0.717) is 61.6 Å². The van der Waals surface area contributed by atoms with Crippen LogP contribution in [0.1, 0.15) is 34.8 Å². The van der Waals surface area contributed by atoms with Crippen LogP contribution in [-0.4, -0.2) is 58.0 Å². The molecule has 8 nitrogen and oxygen atoms in total. The van der Waals surface area contributed by atoms with Crippen LogP contribution in [0.25, 0.3) is 11.0 Å². The number of nitrogens with zero attached hydrogens (tertiary/aromatic N) is 4. The number of carbonyl (C=O) groups excluding carboxylic acids is 1. The van der Waals surface area contributed by atoms with Crippen molar-refractivity contribution in [2.75, 3.05) is 26.3 Å². The molecule has 3 aliphatic rings. The Balaban J connectivity index is 1.31. The molecule has 4 heterocycles. The summed E-state index contributed by atoms with van der Waals surface area (Å²) in [5.41, 5.74) is 2.89. The molecule has 6 rings (SSSR count).